The lowest BCUT2D eigenvalue weighted by Gasteiger charge is -2.32. The molecular weight excluding hydrogens is 220 g/mol. The Kier molecular flexibility index (Phi) is 6.92. The molecule has 0 spiro atoms. The number of nitrogens with zero attached hydrogens (tertiary/aromatic N) is 1. The van der Waals surface area contributed by atoms with E-state index in [0.717, 1.165) is 32.4 Å². The van der Waals surface area contributed by atoms with Gasteiger partial charge in [-0.25, -0.2) is 0 Å². The fraction of sp³-hybridized carbons (Fsp3) is 0.917. The van der Waals surface area contributed by atoms with E-state index < -0.39 is 0 Å². The minimum atomic E-state index is 0.327. The van der Waals surface area contributed by atoms with Crippen LogP contribution < -0.4 is 5.73 Å². The van der Waals surface area contributed by atoms with Crippen molar-refractivity contribution in [3.8, 4) is 0 Å². The van der Waals surface area contributed by atoms with Crippen LogP contribution in [0.2, 0.25) is 0 Å². The third-order valence-electron chi connectivity index (χ3n) is 3.29. The number of likely N-dealkylation sites (tertiary alicyclic amines) is 1. The summed E-state index contributed by atoms with van der Waals surface area (Å²) in [6, 6.07) is 0. The molecule has 1 fully saturated rings. The van der Waals surface area contributed by atoms with Crippen molar-refractivity contribution < 1.29 is 5.11 Å². The molecular formula is C12H24N2OS. The SMILES string of the molecule is NC(=S)C1CCCN(CCCCCCO)C1. The van der Waals surface area contributed by atoms with Crippen molar-refractivity contribution in [1.82, 2.24) is 4.90 Å². The average molecular weight is 244 g/mol. The zero-order chi connectivity index (χ0) is 11.8. The van der Waals surface area contributed by atoms with E-state index in [4.69, 9.17) is 23.1 Å². The predicted octanol–water partition coefficient (Wildman–Crippen LogP) is 1.54. The first kappa shape index (κ1) is 13.9. The second-order valence-electron chi connectivity index (χ2n) is 4.68. The van der Waals surface area contributed by atoms with Gasteiger partial charge in [0.1, 0.15) is 0 Å². The second kappa shape index (κ2) is 7.98. The fourth-order valence-electron chi connectivity index (χ4n) is 2.29. The number of hydrogen-bond donors (Lipinski definition) is 2. The van der Waals surface area contributed by atoms with Crippen LogP contribution in [-0.2, 0) is 0 Å². The van der Waals surface area contributed by atoms with Crippen LogP contribution in [0.4, 0.5) is 0 Å². The first-order valence-electron chi connectivity index (χ1n) is 6.36. The van der Waals surface area contributed by atoms with Crippen LogP contribution in [0.1, 0.15) is 38.5 Å². The van der Waals surface area contributed by atoms with E-state index in [1.807, 2.05) is 0 Å². The predicted molar refractivity (Wildman–Crippen MR) is 71.5 cm³/mol. The molecule has 0 aliphatic carbocycles. The average Bonchev–Trinajstić information content (AvgIpc) is 2.29. The Bertz CT molecular complexity index is 211. The summed E-state index contributed by atoms with van der Waals surface area (Å²) in [6.45, 7) is 3.73. The first-order chi connectivity index (χ1) is 7.74. The molecule has 1 heterocycles. The fourth-order valence-corrected chi connectivity index (χ4v) is 2.48. The summed E-state index contributed by atoms with van der Waals surface area (Å²) < 4.78 is 0. The lowest BCUT2D eigenvalue weighted by molar-refractivity contribution is 0.200. The number of unbranched alkanes of at least 4 members (excludes halogenated alkanes) is 3. The van der Waals surface area contributed by atoms with Crippen molar-refractivity contribution in [1.29, 1.82) is 0 Å². The molecule has 4 heteroatoms. The smallest absolute Gasteiger partial charge is 0.0771 e. The number of hydrogen-bond acceptors (Lipinski definition) is 3. The monoisotopic (exact) mass is 244 g/mol. The Balaban J connectivity index is 2.10. The van der Waals surface area contributed by atoms with Crippen molar-refractivity contribution >= 4 is 17.2 Å². The highest BCUT2D eigenvalue weighted by Crippen LogP contribution is 2.17. The zero-order valence-electron chi connectivity index (χ0n) is 10.0. The summed E-state index contributed by atoms with van der Waals surface area (Å²) in [6.07, 6.45) is 6.91. The Morgan fingerprint density at radius 1 is 1.31 bits per heavy atom. The molecule has 0 bridgehead atoms. The van der Waals surface area contributed by atoms with Gasteiger partial charge in [-0.05, 0) is 38.8 Å². The van der Waals surface area contributed by atoms with E-state index in [0.29, 0.717) is 17.5 Å². The maximum Gasteiger partial charge on any atom is 0.0771 e. The molecule has 0 aromatic carbocycles. The molecule has 1 aliphatic rings. The van der Waals surface area contributed by atoms with E-state index in [-0.39, 0.29) is 0 Å². The molecule has 1 rings (SSSR count). The van der Waals surface area contributed by atoms with Gasteiger partial charge in [0.15, 0.2) is 0 Å². The molecule has 16 heavy (non-hydrogen) atoms. The quantitative estimate of drug-likeness (QED) is 0.527. The van der Waals surface area contributed by atoms with Gasteiger partial charge < -0.3 is 15.7 Å². The van der Waals surface area contributed by atoms with Crippen LogP contribution in [0.3, 0.4) is 0 Å². The molecule has 0 aromatic heterocycles. The highest BCUT2D eigenvalue weighted by Gasteiger charge is 2.20. The maximum absolute atomic E-state index is 8.67. The van der Waals surface area contributed by atoms with Gasteiger partial charge in [-0.1, -0.05) is 25.1 Å². The Morgan fingerprint density at radius 2 is 2.06 bits per heavy atom. The number of piperidine rings is 1. The Labute approximate surface area is 104 Å². The minimum absolute atomic E-state index is 0.327. The molecule has 0 saturated carbocycles. The van der Waals surface area contributed by atoms with E-state index in [1.54, 1.807) is 0 Å². The highest BCUT2D eigenvalue weighted by atomic mass is 32.1. The lowest BCUT2D eigenvalue weighted by atomic mass is 9.98. The van der Waals surface area contributed by atoms with Gasteiger partial charge in [0.25, 0.3) is 0 Å². The molecule has 0 radical (unpaired) electrons. The highest BCUT2D eigenvalue weighted by molar-refractivity contribution is 7.80. The van der Waals surface area contributed by atoms with Gasteiger partial charge in [0.2, 0.25) is 0 Å². The van der Waals surface area contributed by atoms with E-state index >= 15 is 0 Å². The van der Waals surface area contributed by atoms with Crippen molar-refractivity contribution in [2.24, 2.45) is 11.7 Å². The van der Waals surface area contributed by atoms with Gasteiger partial charge in [-0.15, -0.1) is 0 Å². The summed E-state index contributed by atoms with van der Waals surface area (Å²) in [7, 11) is 0. The molecule has 0 aromatic rings. The van der Waals surface area contributed by atoms with Gasteiger partial charge in [-0.3, -0.25) is 0 Å². The van der Waals surface area contributed by atoms with Crippen molar-refractivity contribution in [2.45, 2.75) is 38.5 Å². The largest absolute Gasteiger partial charge is 0.396 e. The van der Waals surface area contributed by atoms with Gasteiger partial charge in [-0.2, -0.15) is 0 Å². The number of aliphatic hydroxyl groups is 1. The number of rotatable bonds is 7. The minimum Gasteiger partial charge on any atom is -0.396 e. The molecule has 94 valence electrons. The number of thiocarbonyl (C=S) groups is 1. The normalized spacial score (nSPS) is 22.2. The lowest BCUT2D eigenvalue weighted by Crippen LogP contribution is -2.40. The number of nitrogens with two attached hydrogens (primary N) is 1. The summed E-state index contributed by atoms with van der Waals surface area (Å²) in [5.41, 5.74) is 5.70. The maximum atomic E-state index is 8.67. The van der Waals surface area contributed by atoms with E-state index in [9.17, 15) is 0 Å². The first-order valence-corrected chi connectivity index (χ1v) is 6.77. The molecule has 1 aliphatic heterocycles. The van der Waals surface area contributed by atoms with E-state index in [1.165, 1.54) is 25.8 Å². The van der Waals surface area contributed by atoms with Gasteiger partial charge >= 0.3 is 0 Å². The van der Waals surface area contributed by atoms with Crippen LogP contribution in [0.5, 0.6) is 0 Å². The third kappa shape index (κ3) is 5.23. The topological polar surface area (TPSA) is 49.5 Å². The Morgan fingerprint density at radius 3 is 2.75 bits per heavy atom. The summed E-state index contributed by atoms with van der Waals surface area (Å²) in [4.78, 5) is 3.16. The third-order valence-corrected chi connectivity index (χ3v) is 3.62. The zero-order valence-corrected chi connectivity index (χ0v) is 10.8. The van der Waals surface area contributed by atoms with Crippen LogP contribution in [0.15, 0.2) is 0 Å². The molecule has 1 unspecified atom stereocenters. The van der Waals surface area contributed by atoms with Crippen LogP contribution in [0, 0.1) is 5.92 Å². The molecule has 3 nitrogen and oxygen atoms in total. The van der Waals surface area contributed by atoms with Crippen LogP contribution in [0.25, 0.3) is 0 Å². The summed E-state index contributed by atoms with van der Waals surface area (Å²) in [5, 5.41) is 8.67. The van der Waals surface area contributed by atoms with Crippen LogP contribution >= 0.6 is 12.2 Å². The van der Waals surface area contributed by atoms with Crippen molar-refractivity contribution in [2.75, 3.05) is 26.2 Å². The molecule has 1 atom stereocenters. The summed E-state index contributed by atoms with van der Waals surface area (Å²) in [5.74, 6) is 0.432. The van der Waals surface area contributed by atoms with Gasteiger partial charge in [0, 0.05) is 19.1 Å². The van der Waals surface area contributed by atoms with Gasteiger partial charge in [0.05, 0.1) is 4.99 Å². The van der Waals surface area contributed by atoms with Crippen molar-refractivity contribution in [3.63, 3.8) is 0 Å². The molecule has 0 amide bonds. The van der Waals surface area contributed by atoms with Crippen LogP contribution in [-0.4, -0.2) is 41.2 Å². The molecule has 1 saturated heterocycles. The Hall–Kier alpha value is -0.190. The standard InChI is InChI=1S/C12H24N2OS/c13-12(16)11-6-5-8-14(10-11)7-3-1-2-4-9-15/h11,15H,1-10H2,(H2,13,16). The molecule has 3 N–H and O–H groups in total. The number of aliphatic hydroxyl groups excluding tert-OH is 1. The summed E-state index contributed by atoms with van der Waals surface area (Å²) >= 11 is 5.06. The second-order valence-corrected chi connectivity index (χ2v) is 5.15. The van der Waals surface area contributed by atoms with Crippen molar-refractivity contribution in [3.05, 3.63) is 0 Å². The van der Waals surface area contributed by atoms with E-state index in [2.05, 4.69) is 4.90 Å².